The van der Waals surface area contributed by atoms with Crippen LogP contribution in [-0.4, -0.2) is 50.0 Å². The molecule has 0 heterocycles. The second kappa shape index (κ2) is 14.2. The molecule has 0 saturated heterocycles. The van der Waals surface area contributed by atoms with Gasteiger partial charge >= 0.3 is 0 Å². The van der Waals surface area contributed by atoms with Crippen LogP contribution in [-0.2, 0) is 26.2 Å². The summed E-state index contributed by atoms with van der Waals surface area (Å²) in [6, 6.07) is 18.4. The maximum atomic E-state index is 14.1. The Morgan fingerprint density at radius 1 is 0.976 bits per heavy atom. The van der Waals surface area contributed by atoms with Crippen LogP contribution >= 0.6 is 11.8 Å². The molecule has 224 valence electrons. The van der Waals surface area contributed by atoms with Crippen molar-refractivity contribution in [3.63, 3.8) is 0 Å². The second-order valence-electron chi connectivity index (χ2n) is 10.6. The summed E-state index contributed by atoms with van der Waals surface area (Å²) in [6.45, 7) is 3.24. The summed E-state index contributed by atoms with van der Waals surface area (Å²) in [6.07, 6.45) is 6.11. The zero-order valence-corrected chi connectivity index (χ0v) is 25.9. The van der Waals surface area contributed by atoms with Crippen molar-refractivity contribution < 1.29 is 22.4 Å². The molecule has 0 spiro atoms. The van der Waals surface area contributed by atoms with Gasteiger partial charge in [-0.25, -0.2) is 12.8 Å². The van der Waals surface area contributed by atoms with E-state index in [-0.39, 0.29) is 23.4 Å². The number of nitrogens with zero attached hydrogens (tertiary/aromatic N) is 2. The van der Waals surface area contributed by atoms with E-state index in [1.165, 1.54) is 40.9 Å². The van der Waals surface area contributed by atoms with E-state index in [0.717, 1.165) is 40.4 Å². The highest BCUT2D eigenvalue weighted by Crippen LogP contribution is 2.27. The van der Waals surface area contributed by atoms with Gasteiger partial charge in [-0.2, -0.15) is 0 Å². The molecular formula is C32H38FN3O4S2. The van der Waals surface area contributed by atoms with Gasteiger partial charge in [-0.05, 0) is 86.5 Å². The van der Waals surface area contributed by atoms with E-state index in [0.29, 0.717) is 17.7 Å². The fourth-order valence-corrected chi connectivity index (χ4v) is 7.01. The Kier molecular flexibility index (Phi) is 10.7. The molecule has 2 amide bonds. The first-order valence-electron chi connectivity index (χ1n) is 14.2. The Morgan fingerprint density at radius 2 is 1.60 bits per heavy atom. The highest BCUT2D eigenvalue weighted by Gasteiger charge is 2.34. The number of benzene rings is 3. The fraction of sp³-hybridized carbons (Fsp3) is 0.375. The van der Waals surface area contributed by atoms with E-state index in [1.807, 2.05) is 20.1 Å². The lowest BCUT2D eigenvalue weighted by molar-refractivity contribution is -0.140. The summed E-state index contributed by atoms with van der Waals surface area (Å²) in [4.78, 5) is 30.0. The lowest BCUT2D eigenvalue weighted by atomic mass is 10.1. The zero-order valence-electron chi connectivity index (χ0n) is 24.3. The molecular weight excluding hydrogens is 574 g/mol. The lowest BCUT2D eigenvalue weighted by Gasteiger charge is -2.33. The van der Waals surface area contributed by atoms with Crippen molar-refractivity contribution in [3.05, 3.63) is 89.7 Å². The minimum Gasteiger partial charge on any atom is -0.352 e. The van der Waals surface area contributed by atoms with Gasteiger partial charge in [-0.3, -0.25) is 13.9 Å². The molecule has 7 nitrogen and oxygen atoms in total. The van der Waals surface area contributed by atoms with E-state index in [9.17, 15) is 22.4 Å². The Morgan fingerprint density at radius 3 is 2.17 bits per heavy atom. The average Bonchev–Trinajstić information content (AvgIpc) is 3.50. The molecule has 0 unspecified atom stereocenters. The number of amides is 2. The first kappa shape index (κ1) is 31.6. The molecule has 0 aromatic heterocycles. The number of rotatable bonds is 12. The van der Waals surface area contributed by atoms with Crippen molar-refractivity contribution in [3.8, 4) is 0 Å². The zero-order chi connectivity index (χ0) is 30.3. The molecule has 1 aliphatic rings. The molecule has 1 fully saturated rings. The standard InChI is InChI=1S/C32H38FN3O4S2/c1-4-30(32(38)34-26-7-5-6-8-26)35(21-24-11-13-25(33)14-12-24)31(37)22-36(27-15-9-23(2)10-16-27)42(39,40)29-19-17-28(41-3)18-20-29/h9-20,26,30H,4-8,21-22H2,1-3H3,(H,34,38)/t30-/m1/s1. The molecule has 1 saturated carbocycles. The third kappa shape index (κ3) is 7.72. The first-order valence-corrected chi connectivity index (χ1v) is 16.9. The van der Waals surface area contributed by atoms with Gasteiger partial charge in [0.2, 0.25) is 11.8 Å². The van der Waals surface area contributed by atoms with E-state index >= 15 is 0 Å². The van der Waals surface area contributed by atoms with Gasteiger partial charge < -0.3 is 10.2 Å². The summed E-state index contributed by atoms with van der Waals surface area (Å²) in [5, 5.41) is 3.09. The predicted molar refractivity (Wildman–Crippen MR) is 165 cm³/mol. The van der Waals surface area contributed by atoms with Gasteiger partial charge in [-0.15, -0.1) is 11.8 Å². The van der Waals surface area contributed by atoms with Crippen LogP contribution in [0.5, 0.6) is 0 Å². The third-order valence-corrected chi connectivity index (χ3v) is 10.1. The topological polar surface area (TPSA) is 86.8 Å². The van der Waals surface area contributed by atoms with Crippen molar-refractivity contribution in [2.45, 2.75) is 74.4 Å². The van der Waals surface area contributed by atoms with E-state index in [4.69, 9.17) is 0 Å². The largest absolute Gasteiger partial charge is 0.352 e. The number of carbonyl (C=O) groups is 2. The first-order chi connectivity index (χ1) is 20.1. The predicted octanol–water partition coefficient (Wildman–Crippen LogP) is 5.92. The van der Waals surface area contributed by atoms with Crippen LogP contribution in [0.2, 0.25) is 0 Å². The van der Waals surface area contributed by atoms with Gasteiger partial charge in [0, 0.05) is 17.5 Å². The molecule has 4 rings (SSSR count). The van der Waals surface area contributed by atoms with Gasteiger partial charge in [0.1, 0.15) is 18.4 Å². The summed E-state index contributed by atoms with van der Waals surface area (Å²) < 4.78 is 42.8. The van der Waals surface area contributed by atoms with E-state index in [2.05, 4.69) is 5.32 Å². The van der Waals surface area contributed by atoms with Crippen molar-refractivity contribution in [2.75, 3.05) is 17.1 Å². The van der Waals surface area contributed by atoms with Crippen LogP contribution in [0.25, 0.3) is 0 Å². The van der Waals surface area contributed by atoms with Crippen LogP contribution in [0, 0.1) is 12.7 Å². The number of halogens is 1. The Labute approximate surface area is 252 Å². The quantitative estimate of drug-likeness (QED) is 0.257. The number of hydrogen-bond donors (Lipinski definition) is 1. The van der Waals surface area contributed by atoms with Crippen molar-refractivity contribution in [1.82, 2.24) is 10.2 Å². The smallest absolute Gasteiger partial charge is 0.264 e. The minimum atomic E-state index is -4.14. The number of anilines is 1. The number of sulfonamides is 1. The Balaban J connectivity index is 1.70. The number of aryl methyl sites for hydroxylation is 1. The lowest BCUT2D eigenvalue weighted by Crippen LogP contribution is -2.53. The van der Waals surface area contributed by atoms with Crippen LogP contribution in [0.15, 0.2) is 82.6 Å². The van der Waals surface area contributed by atoms with Gasteiger partial charge in [0.15, 0.2) is 0 Å². The van der Waals surface area contributed by atoms with Crippen LogP contribution < -0.4 is 9.62 Å². The number of thioether (sulfide) groups is 1. The fourth-order valence-electron chi connectivity index (χ4n) is 5.19. The molecule has 0 radical (unpaired) electrons. The maximum absolute atomic E-state index is 14.1. The summed E-state index contributed by atoms with van der Waals surface area (Å²) in [5.74, 6) is -1.21. The Hall–Kier alpha value is -3.37. The highest BCUT2D eigenvalue weighted by atomic mass is 32.2. The molecule has 42 heavy (non-hydrogen) atoms. The molecule has 0 aliphatic heterocycles. The highest BCUT2D eigenvalue weighted by molar-refractivity contribution is 7.98. The molecule has 0 bridgehead atoms. The Bertz CT molecular complexity index is 1460. The molecule has 3 aromatic rings. The van der Waals surface area contributed by atoms with E-state index < -0.39 is 34.3 Å². The second-order valence-corrected chi connectivity index (χ2v) is 13.3. The monoisotopic (exact) mass is 611 g/mol. The normalized spacial score (nSPS) is 14.4. The summed E-state index contributed by atoms with van der Waals surface area (Å²) >= 11 is 1.50. The van der Waals surface area contributed by atoms with Crippen LogP contribution in [0.4, 0.5) is 10.1 Å². The average molecular weight is 612 g/mol. The molecule has 3 aromatic carbocycles. The van der Waals surface area contributed by atoms with Gasteiger partial charge in [0.05, 0.1) is 10.6 Å². The van der Waals surface area contributed by atoms with Crippen LogP contribution in [0.1, 0.15) is 50.2 Å². The number of carbonyl (C=O) groups excluding carboxylic acids is 2. The molecule has 1 aliphatic carbocycles. The van der Waals surface area contributed by atoms with Crippen LogP contribution in [0.3, 0.4) is 0 Å². The van der Waals surface area contributed by atoms with Crippen molar-refractivity contribution in [2.24, 2.45) is 0 Å². The third-order valence-electron chi connectivity index (χ3n) is 7.60. The summed E-state index contributed by atoms with van der Waals surface area (Å²) in [7, 11) is -4.14. The SMILES string of the molecule is CC[C@H](C(=O)NC1CCCC1)N(Cc1ccc(F)cc1)C(=O)CN(c1ccc(C)cc1)S(=O)(=O)c1ccc(SC)cc1. The summed E-state index contributed by atoms with van der Waals surface area (Å²) in [5.41, 5.74) is 1.92. The van der Waals surface area contributed by atoms with Crippen molar-refractivity contribution in [1.29, 1.82) is 0 Å². The number of hydrogen-bond acceptors (Lipinski definition) is 5. The minimum absolute atomic E-state index is 0.0277. The number of nitrogens with one attached hydrogen (secondary N) is 1. The molecule has 1 atom stereocenters. The van der Waals surface area contributed by atoms with Gasteiger partial charge in [-0.1, -0.05) is 49.6 Å². The van der Waals surface area contributed by atoms with Gasteiger partial charge in [0.25, 0.3) is 10.0 Å². The maximum Gasteiger partial charge on any atom is 0.264 e. The van der Waals surface area contributed by atoms with Crippen molar-refractivity contribution >= 4 is 39.3 Å². The van der Waals surface area contributed by atoms with E-state index in [1.54, 1.807) is 48.5 Å². The molecule has 10 heteroatoms. The molecule has 1 N–H and O–H groups in total.